The minimum Gasteiger partial charge on any atom is -0.497 e. The molecule has 29 heavy (non-hydrogen) atoms. The SMILES string of the molecule is COc1ccc(COc2cnc(COC(C)=O)cc2OS(=O)(=O)C(F)(F)F)cc1. The molecule has 0 N–H and O–H groups in total. The number of hydrogen-bond donors (Lipinski definition) is 0. The first-order valence-corrected chi connectivity index (χ1v) is 9.31. The third-order valence-corrected chi connectivity index (χ3v) is 4.31. The number of aromatic nitrogens is 1. The van der Waals surface area contributed by atoms with Gasteiger partial charge in [0.2, 0.25) is 0 Å². The van der Waals surface area contributed by atoms with Gasteiger partial charge in [-0.25, -0.2) is 0 Å². The summed E-state index contributed by atoms with van der Waals surface area (Å²) in [5, 5.41) is 0. The molecule has 0 bridgehead atoms. The number of esters is 1. The van der Waals surface area contributed by atoms with Crippen LogP contribution in [0, 0.1) is 0 Å². The summed E-state index contributed by atoms with van der Waals surface area (Å²) in [6.45, 7) is 0.617. The number of halogens is 3. The van der Waals surface area contributed by atoms with Gasteiger partial charge in [-0.3, -0.25) is 9.78 Å². The summed E-state index contributed by atoms with van der Waals surface area (Å²) in [7, 11) is -4.46. The fourth-order valence-electron chi connectivity index (χ4n) is 1.94. The van der Waals surface area contributed by atoms with Crippen molar-refractivity contribution in [2.45, 2.75) is 25.6 Å². The van der Waals surface area contributed by atoms with Crippen molar-refractivity contribution in [3.05, 3.63) is 47.8 Å². The number of pyridine rings is 1. The third kappa shape index (κ3) is 6.24. The molecule has 0 saturated carbocycles. The van der Waals surface area contributed by atoms with Crippen molar-refractivity contribution in [3.63, 3.8) is 0 Å². The van der Waals surface area contributed by atoms with Crippen LogP contribution in [0.15, 0.2) is 36.5 Å². The molecular formula is C17H16F3NO7S. The van der Waals surface area contributed by atoms with Crippen LogP contribution in [0.2, 0.25) is 0 Å². The lowest BCUT2D eigenvalue weighted by molar-refractivity contribution is -0.142. The highest BCUT2D eigenvalue weighted by Gasteiger charge is 2.49. The molecule has 2 aromatic rings. The van der Waals surface area contributed by atoms with Gasteiger partial charge in [0, 0.05) is 13.0 Å². The molecule has 0 aliphatic carbocycles. The second-order valence-corrected chi connectivity index (χ2v) is 7.06. The Labute approximate surface area is 164 Å². The van der Waals surface area contributed by atoms with Gasteiger partial charge >= 0.3 is 21.6 Å². The second kappa shape index (κ2) is 8.99. The molecule has 1 aromatic carbocycles. The molecular weight excluding hydrogens is 419 g/mol. The number of benzene rings is 1. The Morgan fingerprint density at radius 1 is 1.10 bits per heavy atom. The van der Waals surface area contributed by atoms with E-state index in [-0.39, 0.29) is 18.1 Å². The van der Waals surface area contributed by atoms with E-state index in [9.17, 15) is 26.4 Å². The van der Waals surface area contributed by atoms with Crippen LogP contribution in [-0.2, 0) is 32.9 Å². The molecule has 0 aliphatic heterocycles. The largest absolute Gasteiger partial charge is 0.534 e. The smallest absolute Gasteiger partial charge is 0.497 e. The van der Waals surface area contributed by atoms with Gasteiger partial charge in [-0.1, -0.05) is 12.1 Å². The number of carbonyl (C=O) groups is 1. The molecule has 0 aliphatic rings. The molecule has 158 valence electrons. The van der Waals surface area contributed by atoms with Crippen molar-refractivity contribution in [1.29, 1.82) is 0 Å². The highest BCUT2D eigenvalue weighted by Crippen LogP contribution is 2.33. The number of nitrogens with zero attached hydrogens (tertiary/aromatic N) is 1. The summed E-state index contributed by atoms with van der Waals surface area (Å²) >= 11 is 0. The Balaban J connectivity index is 2.27. The number of alkyl halides is 3. The predicted molar refractivity (Wildman–Crippen MR) is 92.6 cm³/mol. The van der Waals surface area contributed by atoms with Gasteiger partial charge < -0.3 is 18.4 Å². The Hall–Kier alpha value is -3.02. The van der Waals surface area contributed by atoms with Crippen LogP contribution in [0.3, 0.4) is 0 Å². The van der Waals surface area contributed by atoms with Gasteiger partial charge in [0.05, 0.1) is 19.0 Å². The molecule has 0 fully saturated rings. The molecule has 8 nitrogen and oxygen atoms in total. The number of ether oxygens (including phenoxy) is 3. The van der Waals surface area contributed by atoms with Crippen LogP contribution in [0.4, 0.5) is 13.2 Å². The summed E-state index contributed by atoms with van der Waals surface area (Å²) in [6.07, 6.45) is 0.976. The minimum absolute atomic E-state index is 0.0376. The Bertz CT molecular complexity index is 960. The Morgan fingerprint density at radius 2 is 1.76 bits per heavy atom. The number of rotatable bonds is 8. The van der Waals surface area contributed by atoms with E-state index in [0.29, 0.717) is 11.3 Å². The van der Waals surface area contributed by atoms with Crippen LogP contribution >= 0.6 is 0 Å². The first kappa shape index (κ1) is 22.3. The highest BCUT2D eigenvalue weighted by molar-refractivity contribution is 7.88. The molecule has 0 radical (unpaired) electrons. The zero-order chi connectivity index (χ0) is 21.7. The number of carbonyl (C=O) groups excluding carboxylic acids is 1. The van der Waals surface area contributed by atoms with E-state index in [1.54, 1.807) is 24.3 Å². The van der Waals surface area contributed by atoms with Crippen LogP contribution in [-0.4, -0.2) is 32.0 Å². The van der Waals surface area contributed by atoms with Crippen molar-refractivity contribution >= 4 is 16.1 Å². The van der Waals surface area contributed by atoms with Crippen LogP contribution in [0.5, 0.6) is 17.2 Å². The van der Waals surface area contributed by atoms with E-state index in [0.717, 1.165) is 19.2 Å². The Morgan fingerprint density at radius 3 is 2.31 bits per heavy atom. The maximum Gasteiger partial charge on any atom is 0.534 e. The Kier molecular flexibility index (Phi) is 6.90. The molecule has 2 rings (SSSR count). The maximum atomic E-state index is 12.7. The lowest BCUT2D eigenvalue weighted by atomic mass is 10.2. The van der Waals surface area contributed by atoms with Gasteiger partial charge in [-0.05, 0) is 17.7 Å². The van der Waals surface area contributed by atoms with E-state index >= 15 is 0 Å². The van der Waals surface area contributed by atoms with Crippen LogP contribution < -0.4 is 13.7 Å². The van der Waals surface area contributed by atoms with Crippen molar-refractivity contribution in [2.24, 2.45) is 0 Å². The maximum absolute atomic E-state index is 12.7. The summed E-state index contributed by atoms with van der Waals surface area (Å²) in [5.74, 6) is -1.16. The molecule has 0 saturated heterocycles. The van der Waals surface area contributed by atoms with Gasteiger partial charge in [-0.2, -0.15) is 21.6 Å². The molecule has 0 spiro atoms. The molecule has 0 amide bonds. The van der Waals surface area contributed by atoms with E-state index in [1.165, 1.54) is 7.11 Å². The lowest BCUT2D eigenvalue weighted by Gasteiger charge is -2.14. The van der Waals surface area contributed by atoms with Crippen molar-refractivity contribution in [3.8, 4) is 17.2 Å². The highest BCUT2D eigenvalue weighted by atomic mass is 32.2. The minimum atomic E-state index is -5.95. The summed E-state index contributed by atoms with van der Waals surface area (Å²) in [5.41, 5.74) is -5.05. The topological polar surface area (TPSA) is 101 Å². The zero-order valence-electron chi connectivity index (χ0n) is 15.2. The quantitative estimate of drug-likeness (QED) is 0.354. The predicted octanol–water partition coefficient (Wildman–Crippen LogP) is 2.96. The standard InChI is InChI=1S/C17H16F3NO7S/c1-11(22)26-10-13-7-15(28-29(23,24)17(18,19)20)16(8-21-13)27-9-12-3-5-14(25-2)6-4-12/h3-8H,9-10H2,1-2H3. The average molecular weight is 435 g/mol. The number of methoxy groups -OCH3 is 1. The van der Waals surface area contributed by atoms with Crippen molar-refractivity contribution in [2.75, 3.05) is 7.11 Å². The molecule has 0 unspecified atom stereocenters. The third-order valence-electron chi connectivity index (χ3n) is 3.35. The summed E-state index contributed by atoms with van der Waals surface area (Å²) in [6, 6.07) is 7.47. The first-order chi connectivity index (χ1) is 13.5. The van der Waals surface area contributed by atoms with Crippen molar-refractivity contribution < 1.29 is 44.8 Å². The normalized spacial score (nSPS) is 11.6. The van der Waals surface area contributed by atoms with E-state index in [1.807, 2.05) is 0 Å². The average Bonchev–Trinajstić information content (AvgIpc) is 2.64. The van der Waals surface area contributed by atoms with E-state index < -0.39 is 34.0 Å². The van der Waals surface area contributed by atoms with Crippen LogP contribution in [0.1, 0.15) is 18.2 Å². The van der Waals surface area contributed by atoms with E-state index in [2.05, 4.69) is 13.9 Å². The van der Waals surface area contributed by atoms with Gasteiger partial charge in [0.15, 0.2) is 11.5 Å². The monoisotopic (exact) mass is 435 g/mol. The van der Waals surface area contributed by atoms with Crippen LogP contribution in [0.25, 0.3) is 0 Å². The molecule has 1 aromatic heterocycles. The van der Waals surface area contributed by atoms with Crippen molar-refractivity contribution in [1.82, 2.24) is 4.98 Å². The summed E-state index contributed by atoms with van der Waals surface area (Å²) in [4.78, 5) is 14.7. The fourth-order valence-corrected chi connectivity index (χ4v) is 2.40. The number of hydrogen-bond acceptors (Lipinski definition) is 8. The molecule has 1 heterocycles. The lowest BCUT2D eigenvalue weighted by Crippen LogP contribution is -2.28. The second-order valence-electron chi connectivity index (χ2n) is 5.52. The molecule has 0 atom stereocenters. The van der Waals surface area contributed by atoms with Gasteiger partial charge in [0.1, 0.15) is 19.0 Å². The van der Waals surface area contributed by atoms with E-state index in [4.69, 9.17) is 9.47 Å². The first-order valence-electron chi connectivity index (χ1n) is 7.90. The summed E-state index contributed by atoms with van der Waals surface area (Å²) < 4.78 is 80.0. The molecule has 12 heteroatoms. The van der Waals surface area contributed by atoms with Gasteiger partial charge in [-0.15, -0.1) is 0 Å². The zero-order valence-corrected chi connectivity index (χ0v) is 16.0. The van der Waals surface area contributed by atoms with Gasteiger partial charge in [0.25, 0.3) is 0 Å². The fraction of sp³-hybridized carbons (Fsp3) is 0.294.